The molecule has 11 aromatic carbocycles. The molecule has 15 aromatic rings. The Labute approximate surface area is 349 Å². The summed E-state index contributed by atoms with van der Waals surface area (Å²) >= 11 is 3.75. The highest BCUT2D eigenvalue weighted by molar-refractivity contribution is 7.26. The molecule has 0 unspecified atom stereocenters. The summed E-state index contributed by atoms with van der Waals surface area (Å²) in [6, 6.07) is 63.4. The van der Waals surface area contributed by atoms with E-state index in [2.05, 4.69) is 170 Å². The standard InChI is InChI=1S/C56H28N2S2/c1-3-7-31-23-45-33(21-29(31)5-1)9-11-37-27-47-49(59-55(37)45)19-17-41-39-15-13-35-26-44-36(25-43(35)51(39)57-53(41)47)14-16-40-42-18-20-50-48(54(42)58-52(40)44)28-38-12-10-34-22-30-6-2-4-8-32(30)24-46(34)56(38)60-50/h1-28H. The molecule has 2 nitrogen and oxygen atoms in total. The molecular formula is C56H28N2S2. The van der Waals surface area contributed by atoms with Gasteiger partial charge in [0.1, 0.15) is 0 Å². The van der Waals surface area contributed by atoms with Gasteiger partial charge >= 0.3 is 0 Å². The van der Waals surface area contributed by atoms with Gasteiger partial charge < -0.3 is 0 Å². The molecule has 0 bridgehead atoms. The molecule has 0 radical (unpaired) electrons. The average Bonchev–Trinajstić information content (AvgIpc) is 3.88. The number of hydrogen-bond donors (Lipinski definition) is 0. The van der Waals surface area contributed by atoms with Crippen molar-refractivity contribution < 1.29 is 0 Å². The Morgan fingerprint density at radius 3 is 1.00 bits per heavy atom. The van der Waals surface area contributed by atoms with Crippen LogP contribution in [0.3, 0.4) is 0 Å². The lowest BCUT2D eigenvalue weighted by Crippen LogP contribution is -1.81. The van der Waals surface area contributed by atoms with Crippen LogP contribution in [0.4, 0.5) is 0 Å². The van der Waals surface area contributed by atoms with Crippen LogP contribution in [0.1, 0.15) is 0 Å². The molecule has 0 spiro atoms. The van der Waals surface area contributed by atoms with Gasteiger partial charge in [0.25, 0.3) is 0 Å². The molecule has 0 aliphatic rings. The maximum atomic E-state index is 5.47. The summed E-state index contributed by atoms with van der Waals surface area (Å²) in [5.74, 6) is 0. The third kappa shape index (κ3) is 4.21. The van der Waals surface area contributed by atoms with Crippen molar-refractivity contribution in [3.63, 3.8) is 0 Å². The lowest BCUT2D eigenvalue weighted by atomic mass is 9.99. The molecule has 0 aliphatic carbocycles. The van der Waals surface area contributed by atoms with Gasteiger partial charge in [-0.15, -0.1) is 22.7 Å². The number of nitrogens with zero attached hydrogens (tertiary/aromatic N) is 2. The quantitative estimate of drug-likeness (QED) is 0.113. The predicted molar refractivity (Wildman–Crippen MR) is 263 cm³/mol. The Balaban J connectivity index is 0.915. The molecule has 0 atom stereocenters. The molecule has 4 heterocycles. The molecule has 0 amide bonds. The Hall–Kier alpha value is -7.24. The summed E-state index contributed by atoms with van der Waals surface area (Å²) in [7, 11) is 0. The Morgan fingerprint density at radius 1 is 0.233 bits per heavy atom. The number of fused-ring (bicyclic) bond motifs is 22. The van der Waals surface area contributed by atoms with E-state index in [4.69, 9.17) is 9.97 Å². The second-order valence-electron chi connectivity index (χ2n) is 16.5. The number of hydrogen-bond acceptors (Lipinski definition) is 4. The Morgan fingerprint density at radius 2 is 0.550 bits per heavy atom. The fraction of sp³-hybridized carbons (Fsp3) is 0. The van der Waals surface area contributed by atoms with Crippen LogP contribution in [0, 0.1) is 0 Å². The van der Waals surface area contributed by atoms with Crippen molar-refractivity contribution in [2.24, 2.45) is 0 Å². The maximum Gasteiger partial charge on any atom is 0.0803 e. The van der Waals surface area contributed by atoms with Crippen LogP contribution in [0.15, 0.2) is 170 Å². The van der Waals surface area contributed by atoms with Crippen molar-refractivity contribution in [3.8, 4) is 0 Å². The topological polar surface area (TPSA) is 25.8 Å². The lowest BCUT2D eigenvalue weighted by Gasteiger charge is -2.08. The van der Waals surface area contributed by atoms with Crippen molar-refractivity contribution in [2.45, 2.75) is 0 Å². The molecule has 4 aromatic heterocycles. The average molecular weight is 793 g/mol. The van der Waals surface area contributed by atoms with E-state index in [0.29, 0.717) is 0 Å². The fourth-order valence-electron chi connectivity index (χ4n) is 10.3. The SMILES string of the molecule is c1ccc2cc3c(ccc4cc5c(ccc6c7ccc8cc9c(ccc%10c%11ccc%12sc%13c(ccc%14cc%15ccccc%15cc%14%13)cc%12c%11nc9%10)cc8c7nc56)sc43)cc2c1. The van der Waals surface area contributed by atoms with Crippen LogP contribution in [0.25, 0.3) is 149 Å². The molecule has 274 valence electrons. The minimum Gasteiger partial charge on any atom is -0.246 e. The summed E-state index contributed by atoms with van der Waals surface area (Å²) < 4.78 is 5.16. The number of aromatic nitrogens is 2. The van der Waals surface area contributed by atoms with E-state index in [1.165, 1.54) is 127 Å². The number of benzene rings is 11. The predicted octanol–water partition coefficient (Wildman–Crippen LogP) is 16.7. The van der Waals surface area contributed by atoms with Crippen LogP contribution >= 0.6 is 22.7 Å². The zero-order valence-electron chi connectivity index (χ0n) is 31.9. The highest BCUT2D eigenvalue weighted by Crippen LogP contribution is 2.44. The maximum absolute atomic E-state index is 5.47. The zero-order valence-corrected chi connectivity index (χ0v) is 33.5. The van der Waals surface area contributed by atoms with Gasteiger partial charge in [-0.25, -0.2) is 9.97 Å². The first-order chi connectivity index (χ1) is 29.7. The van der Waals surface area contributed by atoms with Gasteiger partial charge in [-0.05, 0) is 115 Å². The first-order valence-corrected chi connectivity index (χ1v) is 22.1. The molecule has 60 heavy (non-hydrogen) atoms. The molecule has 4 heteroatoms. The van der Waals surface area contributed by atoms with Gasteiger partial charge in [-0.1, -0.05) is 109 Å². The van der Waals surface area contributed by atoms with E-state index in [1.54, 1.807) is 0 Å². The van der Waals surface area contributed by atoms with E-state index in [-0.39, 0.29) is 0 Å². The van der Waals surface area contributed by atoms with Gasteiger partial charge in [0.2, 0.25) is 0 Å². The van der Waals surface area contributed by atoms with Crippen LogP contribution in [-0.2, 0) is 0 Å². The Kier molecular flexibility index (Phi) is 5.96. The third-order valence-corrected chi connectivity index (χ3v) is 15.7. The molecular weight excluding hydrogens is 765 g/mol. The van der Waals surface area contributed by atoms with Crippen LogP contribution in [0.2, 0.25) is 0 Å². The highest BCUT2D eigenvalue weighted by atomic mass is 32.1. The van der Waals surface area contributed by atoms with Crippen molar-refractivity contribution in [1.29, 1.82) is 0 Å². The monoisotopic (exact) mass is 792 g/mol. The van der Waals surface area contributed by atoms with Gasteiger partial charge in [-0.2, -0.15) is 0 Å². The van der Waals surface area contributed by atoms with E-state index < -0.39 is 0 Å². The minimum atomic E-state index is 1.06. The van der Waals surface area contributed by atoms with Gasteiger partial charge in [0.15, 0.2) is 0 Å². The van der Waals surface area contributed by atoms with Crippen molar-refractivity contribution in [2.75, 3.05) is 0 Å². The summed E-state index contributed by atoms with van der Waals surface area (Å²) in [4.78, 5) is 10.9. The second-order valence-corrected chi connectivity index (χ2v) is 18.6. The summed E-state index contributed by atoms with van der Waals surface area (Å²) in [5, 5.41) is 24.8. The van der Waals surface area contributed by atoms with Gasteiger partial charge in [0, 0.05) is 72.7 Å². The van der Waals surface area contributed by atoms with E-state index in [0.717, 1.165) is 22.1 Å². The summed E-state index contributed by atoms with van der Waals surface area (Å²) in [6.45, 7) is 0. The molecule has 0 saturated heterocycles. The van der Waals surface area contributed by atoms with Crippen LogP contribution in [-0.4, -0.2) is 9.97 Å². The van der Waals surface area contributed by atoms with E-state index >= 15 is 0 Å². The summed E-state index contributed by atoms with van der Waals surface area (Å²) in [6.07, 6.45) is 0. The molecule has 0 N–H and O–H groups in total. The van der Waals surface area contributed by atoms with Crippen LogP contribution in [0.5, 0.6) is 0 Å². The smallest absolute Gasteiger partial charge is 0.0803 e. The largest absolute Gasteiger partial charge is 0.246 e. The van der Waals surface area contributed by atoms with E-state index in [1.807, 2.05) is 22.7 Å². The Bertz CT molecular complexity index is 4190. The fourth-order valence-corrected chi connectivity index (χ4v) is 12.6. The lowest BCUT2D eigenvalue weighted by molar-refractivity contribution is 1.58. The highest BCUT2D eigenvalue weighted by Gasteiger charge is 2.18. The summed E-state index contributed by atoms with van der Waals surface area (Å²) in [5.41, 5.74) is 4.28. The molecule has 0 fully saturated rings. The van der Waals surface area contributed by atoms with E-state index in [9.17, 15) is 0 Å². The van der Waals surface area contributed by atoms with Crippen LogP contribution < -0.4 is 0 Å². The first kappa shape index (κ1) is 31.7. The van der Waals surface area contributed by atoms with Gasteiger partial charge in [0.05, 0.1) is 22.1 Å². The molecule has 0 aliphatic heterocycles. The van der Waals surface area contributed by atoms with Crippen molar-refractivity contribution in [1.82, 2.24) is 9.97 Å². The van der Waals surface area contributed by atoms with Crippen molar-refractivity contribution in [3.05, 3.63) is 170 Å². The zero-order chi connectivity index (χ0) is 38.8. The molecule has 0 saturated carbocycles. The first-order valence-electron chi connectivity index (χ1n) is 20.4. The normalized spacial score (nSPS) is 12.7. The number of rotatable bonds is 0. The second kappa shape index (κ2) is 11.3. The van der Waals surface area contributed by atoms with Crippen molar-refractivity contribution >= 4 is 171 Å². The third-order valence-electron chi connectivity index (χ3n) is 13.2. The van der Waals surface area contributed by atoms with Gasteiger partial charge in [-0.3, -0.25) is 0 Å². The molecule has 15 rings (SSSR count). The minimum absolute atomic E-state index is 1.06.